The van der Waals surface area contributed by atoms with Crippen molar-refractivity contribution in [1.82, 2.24) is 0 Å². The summed E-state index contributed by atoms with van der Waals surface area (Å²) >= 11 is 0. The molecule has 138 valence electrons. The Kier molecular flexibility index (Phi) is 11.5. The maximum Gasteiger partial charge on any atom is 0.303 e. The number of hydrogen-bond acceptors (Lipinski definition) is 2. The van der Waals surface area contributed by atoms with E-state index in [1.54, 1.807) is 0 Å². The van der Waals surface area contributed by atoms with Crippen LogP contribution in [0.4, 0.5) is 0 Å². The largest absolute Gasteiger partial charge is 1.00 e. The topological polar surface area (TPSA) is 26.3 Å². The minimum Gasteiger partial charge on any atom is -1.00 e. The number of nitrogens with zero attached hydrogens (tertiary/aromatic N) is 1. The van der Waals surface area contributed by atoms with Gasteiger partial charge in [-0.05, 0) is 31.7 Å². The number of carbonyl (C=O) groups excluding carboxylic acids is 1. The second kappa shape index (κ2) is 11.9. The Morgan fingerprint density at radius 1 is 1.08 bits per heavy atom. The van der Waals surface area contributed by atoms with Gasteiger partial charge in [-0.25, -0.2) is 0 Å². The van der Waals surface area contributed by atoms with Crippen molar-refractivity contribution in [3.63, 3.8) is 0 Å². The quantitative estimate of drug-likeness (QED) is 0.236. The first kappa shape index (κ1) is 23.4. The summed E-state index contributed by atoms with van der Waals surface area (Å²) in [7, 11) is 2.31. The van der Waals surface area contributed by atoms with Crippen LogP contribution in [0.25, 0.3) is 0 Å². The monoisotopic (exact) mass is 447 g/mol. The van der Waals surface area contributed by atoms with E-state index in [1.165, 1.54) is 26.2 Å². The van der Waals surface area contributed by atoms with Gasteiger partial charge >= 0.3 is 5.97 Å². The lowest BCUT2D eigenvalue weighted by molar-refractivity contribution is -0.935. The molecular formula is C20H34INO2. The number of carbonyl (C=O) groups is 1. The Bertz CT molecular complexity index is 466. The molecule has 4 heteroatoms. The minimum atomic E-state index is -0.206. The number of esters is 1. The summed E-state index contributed by atoms with van der Waals surface area (Å²) in [5.74, 6) is -0.206. The second-order valence-electron chi connectivity index (χ2n) is 6.82. The van der Waals surface area contributed by atoms with Crippen molar-refractivity contribution >= 4 is 5.97 Å². The number of benzene rings is 1. The number of unbranched alkanes of at least 4 members (excludes halogenated alkanes) is 2. The van der Waals surface area contributed by atoms with Crippen LogP contribution in [0, 0.1) is 0 Å². The lowest BCUT2D eigenvalue weighted by Gasteiger charge is -2.43. The number of quaternary nitrogens is 1. The smallest absolute Gasteiger partial charge is 0.303 e. The number of ether oxygens (including phenoxy) is 1. The van der Waals surface area contributed by atoms with Crippen LogP contribution < -0.4 is 24.0 Å². The summed E-state index contributed by atoms with van der Waals surface area (Å²) in [5, 5.41) is 0. The maximum atomic E-state index is 11.6. The molecule has 0 N–H and O–H groups in total. The van der Waals surface area contributed by atoms with Gasteiger partial charge in [0.2, 0.25) is 0 Å². The van der Waals surface area contributed by atoms with E-state index in [0.29, 0.717) is 0 Å². The van der Waals surface area contributed by atoms with Crippen LogP contribution in [0.2, 0.25) is 0 Å². The van der Waals surface area contributed by atoms with Gasteiger partial charge in [0.25, 0.3) is 0 Å². The Labute approximate surface area is 165 Å². The third kappa shape index (κ3) is 7.09. The molecule has 3 nitrogen and oxygen atoms in total. The van der Waals surface area contributed by atoms with Crippen molar-refractivity contribution in [3.05, 3.63) is 35.9 Å². The standard InChI is InChI=1S/C20H34NO2.HI/c1-6-8-12-16-21(5,15-7-2)17(3)20(23-18(4)22)19-13-10-9-11-14-19;/h9-11,13-14,17,20H,6-8,12,15-16H2,1-5H3;1H/q+1;/p-1. The maximum absolute atomic E-state index is 11.6. The first-order valence-corrected chi connectivity index (χ1v) is 9.01. The molecule has 0 saturated heterocycles. The van der Waals surface area contributed by atoms with E-state index in [2.05, 4.69) is 40.0 Å². The molecule has 0 fully saturated rings. The van der Waals surface area contributed by atoms with Crippen LogP contribution in [0.15, 0.2) is 30.3 Å². The molecule has 1 aromatic carbocycles. The van der Waals surface area contributed by atoms with Crippen molar-refractivity contribution in [2.24, 2.45) is 0 Å². The third-order valence-electron chi connectivity index (χ3n) is 4.85. The van der Waals surface area contributed by atoms with Crippen molar-refractivity contribution in [2.75, 3.05) is 20.1 Å². The normalized spacial score (nSPS) is 15.7. The summed E-state index contributed by atoms with van der Waals surface area (Å²) in [6.45, 7) is 10.4. The molecule has 0 amide bonds. The van der Waals surface area contributed by atoms with E-state index in [-0.39, 0.29) is 42.1 Å². The molecule has 0 bridgehead atoms. The van der Waals surface area contributed by atoms with Crippen LogP contribution >= 0.6 is 0 Å². The molecule has 0 aromatic heterocycles. The average molecular weight is 447 g/mol. The zero-order valence-electron chi connectivity index (χ0n) is 15.9. The lowest BCUT2D eigenvalue weighted by atomic mass is 9.99. The Hall–Kier alpha value is -0.620. The zero-order chi connectivity index (χ0) is 17.3. The van der Waals surface area contributed by atoms with Gasteiger partial charge in [-0.15, -0.1) is 0 Å². The highest BCUT2D eigenvalue weighted by Gasteiger charge is 2.37. The molecule has 0 aliphatic rings. The van der Waals surface area contributed by atoms with Crippen LogP contribution in [-0.4, -0.2) is 36.6 Å². The Morgan fingerprint density at radius 3 is 2.21 bits per heavy atom. The fourth-order valence-corrected chi connectivity index (χ4v) is 3.35. The predicted octanol–water partition coefficient (Wildman–Crippen LogP) is 1.73. The summed E-state index contributed by atoms with van der Waals surface area (Å²) in [4.78, 5) is 11.6. The first-order valence-electron chi connectivity index (χ1n) is 9.01. The van der Waals surface area contributed by atoms with Crippen molar-refractivity contribution in [3.8, 4) is 0 Å². The number of rotatable bonds is 10. The van der Waals surface area contributed by atoms with Gasteiger partial charge in [0, 0.05) is 6.92 Å². The van der Waals surface area contributed by atoms with E-state index in [4.69, 9.17) is 4.74 Å². The fraction of sp³-hybridized carbons (Fsp3) is 0.650. The second-order valence-corrected chi connectivity index (χ2v) is 6.82. The highest BCUT2D eigenvalue weighted by Crippen LogP contribution is 2.29. The molecule has 0 aliphatic carbocycles. The third-order valence-corrected chi connectivity index (χ3v) is 4.85. The van der Waals surface area contributed by atoms with Crippen LogP contribution in [0.1, 0.15) is 65.0 Å². The molecule has 0 aliphatic heterocycles. The van der Waals surface area contributed by atoms with Gasteiger partial charge in [0.1, 0.15) is 6.04 Å². The van der Waals surface area contributed by atoms with E-state index in [0.717, 1.165) is 29.6 Å². The van der Waals surface area contributed by atoms with Crippen molar-refractivity contribution < 1.29 is 38.0 Å². The van der Waals surface area contributed by atoms with Crippen molar-refractivity contribution in [2.45, 2.75) is 65.5 Å². The number of likely N-dealkylation sites (N-methyl/N-ethyl adjacent to an activating group) is 1. The average Bonchev–Trinajstić information content (AvgIpc) is 2.53. The molecule has 24 heavy (non-hydrogen) atoms. The van der Waals surface area contributed by atoms with Gasteiger partial charge in [0.15, 0.2) is 6.10 Å². The molecular weight excluding hydrogens is 413 g/mol. The van der Waals surface area contributed by atoms with Gasteiger partial charge in [-0.2, -0.15) is 0 Å². The Morgan fingerprint density at radius 2 is 1.71 bits per heavy atom. The van der Waals surface area contributed by atoms with E-state index in [1.807, 2.05) is 18.2 Å². The first-order chi connectivity index (χ1) is 10.9. The molecule has 0 saturated carbocycles. The zero-order valence-corrected chi connectivity index (χ0v) is 18.1. The summed E-state index contributed by atoms with van der Waals surface area (Å²) in [5.41, 5.74) is 1.09. The highest BCUT2D eigenvalue weighted by atomic mass is 127. The molecule has 3 atom stereocenters. The van der Waals surface area contributed by atoms with Crippen LogP contribution in [0.5, 0.6) is 0 Å². The molecule has 3 unspecified atom stereocenters. The van der Waals surface area contributed by atoms with Gasteiger partial charge in [-0.3, -0.25) is 4.79 Å². The lowest BCUT2D eigenvalue weighted by Crippen LogP contribution is -3.00. The molecule has 0 radical (unpaired) electrons. The van der Waals surface area contributed by atoms with E-state index < -0.39 is 0 Å². The summed E-state index contributed by atoms with van der Waals surface area (Å²) in [6, 6.07) is 10.4. The van der Waals surface area contributed by atoms with Gasteiger partial charge in [-0.1, -0.05) is 50.6 Å². The fourth-order valence-electron chi connectivity index (χ4n) is 3.35. The summed E-state index contributed by atoms with van der Waals surface area (Å²) < 4.78 is 6.69. The summed E-state index contributed by atoms with van der Waals surface area (Å²) in [6.07, 6.45) is 4.65. The number of halogens is 1. The molecule has 0 heterocycles. The minimum absolute atomic E-state index is 0. The van der Waals surface area contributed by atoms with E-state index >= 15 is 0 Å². The van der Waals surface area contributed by atoms with E-state index in [9.17, 15) is 4.79 Å². The Balaban J connectivity index is 0.00000529. The van der Waals surface area contributed by atoms with Crippen molar-refractivity contribution in [1.29, 1.82) is 0 Å². The van der Waals surface area contributed by atoms with Crippen LogP contribution in [0.3, 0.4) is 0 Å². The molecule has 1 aromatic rings. The van der Waals surface area contributed by atoms with Crippen LogP contribution in [-0.2, 0) is 9.53 Å². The predicted molar refractivity (Wildman–Crippen MR) is 96.1 cm³/mol. The SMILES string of the molecule is CCCCC[N+](C)(CCC)C(C)C(OC(C)=O)c1ccccc1.[I-]. The van der Waals surface area contributed by atoms with Gasteiger partial charge in [0.05, 0.1) is 20.1 Å². The van der Waals surface area contributed by atoms with Gasteiger partial charge < -0.3 is 33.2 Å². The highest BCUT2D eigenvalue weighted by molar-refractivity contribution is 5.66. The molecule has 1 rings (SSSR count). The molecule has 0 spiro atoms. The number of hydrogen-bond donors (Lipinski definition) is 0.